The largest absolute Gasteiger partial charge is 0.497 e. The van der Waals surface area contributed by atoms with Crippen LogP contribution in [0.25, 0.3) is 0 Å². The van der Waals surface area contributed by atoms with Crippen molar-refractivity contribution in [3.05, 3.63) is 18.2 Å². The van der Waals surface area contributed by atoms with Crippen molar-refractivity contribution in [3.63, 3.8) is 0 Å². The lowest BCUT2D eigenvalue weighted by Crippen LogP contribution is -2.40. The number of urea groups is 1. The summed E-state index contributed by atoms with van der Waals surface area (Å²) in [6.07, 6.45) is 0. The Morgan fingerprint density at radius 1 is 1.16 bits per heavy atom. The molecule has 0 spiro atoms. The van der Waals surface area contributed by atoms with Gasteiger partial charge in [0.25, 0.3) is 0 Å². The highest BCUT2D eigenvalue weighted by atomic mass is 32.2. The summed E-state index contributed by atoms with van der Waals surface area (Å²) in [5.41, 5.74) is 0.680. The molecular weight excluding hydrogens is 264 g/mol. The van der Waals surface area contributed by atoms with Crippen LogP contribution in [-0.4, -0.2) is 49.7 Å². The lowest BCUT2D eigenvalue weighted by Gasteiger charge is -2.26. The predicted octanol–water partition coefficient (Wildman–Crippen LogP) is 2.28. The van der Waals surface area contributed by atoms with Gasteiger partial charge >= 0.3 is 6.03 Å². The standard InChI is InChI=1S/C13H18N2O3S/c1-17-11-7-10(8-12(9-11)18-2)14-13(16)15-3-5-19-6-4-15/h7-9H,3-6H2,1-2H3,(H,14,16). The third-order valence-electron chi connectivity index (χ3n) is 2.90. The number of methoxy groups -OCH3 is 2. The van der Waals surface area contributed by atoms with Crippen molar-refractivity contribution in [1.29, 1.82) is 0 Å². The van der Waals surface area contributed by atoms with Gasteiger partial charge in [0.15, 0.2) is 0 Å². The van der Waals surface area contributed by atoms with E-state index in [0.29, 0.717) is 17.2 Å². The van der Waals surface area contributed by atoms with Crippen LogP contribution in [0.3, 0.4) is 0 Å². The Kier molecular flexibility index (Phi) is 4.79. The lowest BCUT2D eigenvalue weighted by atomic mass is 10.3. The lowest BCUT2D eigenvalue weighted by molar-refractivity contribution is 0.217. The number of benzene rings is 1. The minimum Gasteiger partial charge on any atom is -0.497 e. The number of rotatable bonds is 3. The average molecular weight is 282 g/mol. The summed E-state index contributed by atoms with van der Waals surface area (Å²) in [5, 5.41) is 2.88. The first-order valence-electron chi connectivity index (χ1n) is 6.09. The van der Waals surface area contributed by atoms with Crippen LogP contribution >= 0.6 is 11.8 Å². The number of carbonyl (C=O) groups is 1. The maximum atomic E-state index is 12.1. The highest BCUT2D eigenvalue weighted by Crippen LogP contribution is 2.26. The van der Waals surface area contributed by atoms with Crippen molar-refractivity contribution < 1.29 is 14.3 Å². The first-order valence-corrected chi connectivity index (χ1v) is 7.25. The van der Waals surface area contributed by atoms with Gasteiger partial charge in [-0.15, -0.1) is 0 Å². The van der Waals surface area contributed by atoms with Crippen LogP contribution in [0.1, 0.15) is 0 Å². The van der Waals surface area contributed by atoms with Gasteiger partial charge in [0, 0.05) is 48.5 Å². The molecule has 5 nitrogen and oxygen atoms in total. The zero-order valence-electron chi connectivity index (χ0n) is 11.1. The molecule has 1 saturated heterocycles. The Morgan fingerprint density at radius 3 is 2.26 bits per heavy atom. The Bertz CT molecular complexity index is 425. The third-order valence-corrected chi connectivity index (χ3v) is 3.84. The molecule has 0 aromatic heterocycles. The van der Waals surface area contributed by atoms with Crippen molar-refractivity contribution in [2.24, 2.45) is 0 Å². The number of anilines is 1. The molecule has 0 unspecified atom stereocenters. The van der Waals surface area contributed by atoms with Gasteiger partial charge < -0.3 is 19.7 Å². The Morgan fingerprint density at radius 2 is 1.74 bits per heavy atom. The monoisotopic (exact) mass is 282 g/mol. The minimum absolute atomic E-state index is 0.0735. The first-order chi connectivity index (χ1) is 9.22. The SMILES string of the molecule is COc1cc(NC(=O)N2CCSCC2)cc(OC)c1. The fourth-order valence-corrected chi connectivity index (χ4v) is 2.75. The van der Waals surface area contributed by atoms with E-state index >= 15 is 0 Å². The van der Waals surface area contributed by atoms with E-state index in [9.17, 15) is 4.79 Å². The van der Waals surface area contributed by atoms with Crippen LogP contribution in [0.5, 0.6) is 11.5 Å². The average Bonchev–Trinajstić information content (AvgIpc) is 2.47. The molecule has 0 radical (unpaired) electrons. The Balaban J connectivity index is 2.06. The number of thioether (sulfide) groups is 1. The Labute approximate surface area is 117 Å². The molecule has 0 bridgehead atoms. The highest BCUT2D eigenvalue weighted by molar-refractivity contribution is 7.99. The fraction of sp³-hybridized carbons (Fsp3) is 0.462. The molecule has 104 valence electrons. The van der Waals surface area contributed by atoms with Crippen LogP contribution < -0.4 is 14.8 Å². The zero-order chi connectivity index (χ0) is 13.7. The number of ether oxygens (including phenoxy) is 2. The van der Waals surface area contributed by atoms with Crippen LogP contribution in [0, 0.1) is 0 Å². The molecule has 1 N–H and O–H groups in total. The molecule has 1 aromatic rings. The smallest absolute Gasteiger partial charge is 0.321 e. The van der Waals surface area contributed by atoms with Crippen molar-refractivity contribution in [3.8, 4) is 11.5 Å². The summed E-state index contributed by atoms with van der Waals surface area (Å²) in [7, 11) is 3.17. The van der Waals surface area contributed by atoms with Gasteiger partial charge in [0.2, 0.25) is 0 Å². The molecule has 1 fully saturated rings. The zero-order valence-corrected chi connectivity index (χ0v) is 12.0. The van der Waals surface area contributed by atoms with E-state index in [4.69, 9.17) is 9.47 Å². The summed E-state index contributed by atoms with van der Waals surface area (Å²) < 4.78 is 10.4. The summed E-state index contributed by atoms with van der Waals surface area (Å²) >= 11 is 1.87. The van der Waals surface area contributed by atoms with Crippen LogP contribution in [0.4, 0.5) is 10.5 Å². The van der Waals surface area contributed by atoms with Gasteiger partial charge in [-0.05, 0) is 0 Å². The van der Waals surface area contributed by atoms with E-state index < -0.39 is 0 Å². The first kappa shape index (κ1) is 13.9. The number of amides is 2. The number of nitrogens with one attached hydrogen (secondary N) is 1. The molecule has 0 atom stereocenters. The summed E-state index contributed by atoms with van der Waals surface area (Å²) in [6, 6.07) is 5.25. The van der Waals surface area contributed by atoms with Crippen molar-refractivity contribution in [2.45, 2.75) is 0 Å². The van der Waals surface area contributed by atoms with Crippen molar-refractivity contribution >= 4 is 23.5 Å². The second kappa shape index (κ2) is 6.56. The molecule has 0 saturated carbocycles. The number of hydrogen-bond donors (Lipinski definition) is 1. The molecular formula is C13H18N2O3S. The molecule has 0 aliphatic carbocycles. The minimum atomic E-state index is -0.0735. The second-order valence-electron chi connectivity index (χ2n) is 4.13. The molecule has 1 aliphatic heterocycles. The quantitative estimate of drug-likeness (QED) is 0.924. The van der Waals surface area contributed by atoms with E-state index in [2.05, 4.69) is 5.32 Å². The molecule has 6 heteroatoms. The summed E-state index contributed by atoms with van der Waals surface area (Å²) in [4.78, 5) is 13.9. The van der Waals surface area contributed by atoms with Gasteiger partial charge in [-0.1, -0.05) is 0 Å². The fourth-order valence-electron chi connectivity index (χ4n) is 1.85. The van der Waals surface area contributed by atoms with E-state index in [-0.39, 0.29) is 6.03 Å². The van der Waals surface area contributed by atoms with Crippen LogP contribution in [0.2, 0.25) is 0 Å². The third kappa shape index (κ3) is 3.70. The van der Waals surface area contributed by atoms with E-state index in [1.54, 1.807) is 32.4 Å². The summed E-state index contributed by atoms with van der Waals surface area (Å²) in [5.74, 6) is 3.30. The maximum absolute atomic E-state index is 12.1. The van der Waals surface area contributed by atoms with Crippen LogP contribution in [0.15, 0.2) is 18.2 Å². The summed E-state index contributed by atoms with van der Waals surface area (Å²) in [6.45, 7) is 1.58. The number of carbonyl (C=O) groups excluding carboxylic acids is 1. The molecule has 1 aromatic carbocycles. The van der Waals surface area contributed by atoms with E-state index in [1.807, 2.05) is 16.7 Å². The topological polar surface area (TPSA) is 50.8 Å². The Hall–Kier alpha value is -1.56. The van der Waals surface area contributed by atoms with E-state index in [1.165, 1.54) is 0 Å². The van der Waals surface area contributed by atoms with Crippen LogP contribution in [-0.2, 0) is 0 Å². The second-order valence-corrected chi connectivity index (χ2v) is 5.36. The molecule has 2 rings (SSSR count). The normalized spacial score (nSPS) is 14.9. The maximum Gasteiger partial charge on any atom is 0.321 e. The van der Waals surface area contributed by atoms with Gasteiger partial charge in [-0.2, -0.15) is 11.8 Å². The molecule has 19 heavy (non-hydrogen) atoms. The van der Waals surface area contributed by atoms with Crippen molar-refractivity contribution in [1.82, 2.24) is 4.90 Å². The predicted molar refractivity (Wildman–Crippen MR) is 77.5 cm³/mol. The molecule has 1 aliphatic rings. The van der Waals surface area contributed by atoms with Gasteiger partial charge in [-0.25, -0.2) is 4.79 Å². The van der Waals surface area contributed by atoms with Gasteiger partial charge in [0.1, 0.15) is 11.5 Å². The van der Waals surface area contributed by atoms with Gasteiger partial charge in [0.05, 0.1) is 14.2 Å². The number of hydrogen-bond acceptors (Lipinski definition) is 4. The van der Waals surface area contributed by atoms with Gasteiger partial charge in [-0.3, -0.25) is 0 Å². The molecule has 1 heterocycles. The van der Waals surface area contributed by atoms with E-state index in [0.717, 1.165) is 24.6 Å². The molecule has 2 amide bonds. The highest BCUT2D eigenvalue weighted by Gasteiger charge is 2.17. The number of nitrogens with zero attached hydrogens (tertiary/aromatic N) is 1. The van der Waals surface area contributed by atoms with Crippen molar-refractivity contribution in [2.75, 3.05) is 44.1 Å².